The summed E-state index contributed by atoms with van der Waals surface area (Å²) in [4.78, 5) is 0.749. The maximum Gasteiger partial charge on any atom is 0.131 e. The van der Waals surface area contributed by atoms with E-state index in [1.807, 2.05) is 5.38 Å². The van der Waals surface area contributed by atoms with Crippen molar-refractivity contribution in [2.45, 2.75) is 6.04 Å². The van der Waals surface area contributed by atoms with Gasteiger partial charge in [0.1, 0.15) is 11.6 Å². The van der Waals surface area contributed by atoms with Gasteiger partial charge >= 0.3 is 0 Å². The molecule has 1 aromatic carbocycles. The fourth-order valence-corrected chi connectivity index (χ4v) is 2.15. The molecule has 2 rings (SSSR count). The third-order valence-electron chi connectivity index (χ3n) is 2.16. The van der Waals surface area contributed by atoms with Crippen LogP contribution in [0.15, 0.2) is 35.7 Å². The van der Waals surface area contributed by atoms with Crippen LogP contribution in [0.2, 0.25) is 0 Å². The predicted octanol–water partition coefficient (Wildman–Crippen LogP) is 3.07. The third kappa shape index (κ3) is 1.91. The number of thiophene rings is 1. The molecule has 0 saturated heterocycles. The van der Waals surface area contributed by atoms with Crippen molar-refractivity contribution in [1.82, 2.24) is 0 Å². The number of benzene rings is 1. The number of rotatable bonds is 2. The first-order valence-corrected chi connectivity index (χ1v) is 5.31. The Morgan fingerprint density at radius 3 is 2.27 bits per heavy atom. The molecular formula is C11H9F2NS. The summed E-state index contributed by atoms with van der Waals surface area (Å²) in [5.74, 6) is -1.20. The van der Waals surface area contributed by atoms with Crippen molar-refractivity contribution in [3.63, 3.8) is 0 Å². The molecule has 1 atom stereocenters. The molecule has 0 aliphatic heterocycles. The molecular weight excluding hydrogens is 216 g/mol. The molecule has 0 fully saturated rings. The highest BCUT2D eigenvalue weighted by Crippen LogP contribution is 2.27. The average Bonchev–Trinajstić information content (AvgIpc) is 2.69. The first kappa shape index (κ1) is 10.3. The second-order valence-electron chi connectivity index (χ2n) is 3.13. The summed E-state index contributed by atoms with van der Waals surface area (Å²) in [5, 5.41) is 1.83. The van der Waals surface area contributed by atoms with Crippen LogP contribution < -0.4 is 5.73 Å². The van der Waals surface area contributed by atoms with Crippen LogP contribution in [-0.4, -0.2) is 0 Å². The minimum absolute atomic E-state index is 0.0695. The van der Waals surface area contributed by atoms with Gasteiger partial charge in [-0.2, -0.15) is 0 Å². The summed E-state index contributed by atoms with van der Waals surface area (Å²) in [5.41, 5.74) is 5.72. The van der Waals surface area contributed by atoms with E-state index in [2.05, 4.69) is 0 Å². The van der Waals surface area contributed by atoms with E-state index in [1.54, 1.807) is 12.1 Å². The number of hydrogen-bond donors (Lipinski definition) is 1. The average molecular weight is 225 g/mol. The van der Waals surface area contributed by atoms with Gasteiger partial charge in [-0.1, -0.05) is 12.1 Å². The van der Waals surface area contributed by atoms with Crippen molar-refractivity contribution in [3.05, 3.63) is 57.8 Å². The first-order chi connectivity index (χ1) is 7.20. The molecule has 2 N–H and O–H groups in total. The molecule has 0 amide bonds. The lowest BCUT2D eigenvalue weighted by atomic mass is 10.1. The van der Waals surface area contributed by atoms with E-state index in [4.69, 9.17) is 5.73 Å². The van der Waals surface area contributed by atoms with Crippen LogP contribution in [0.25, 0.3) is 0 Å². The molecule has 1 aromatic heterocycles. The fraction of sp³-hybridized carbons (Fsp3) is 0.0909. The lowest BCUT2D eigenvalue weighted by molar-refractivity contribution is 0.545. The van der Waals surface area contributed by atoms with Crippen LogP contribution in [0.1, 0.15) is 16.5 Å². The zero-order valence-corrected chi connectivity index (χ0v) is 8.60. The van der Waals surface area contributed by atoms with Gasteiger partial charge in [0.25, 0.3) is 0 Å². The van der Waals surface area contributed by atoms with Gasteiger partial charge in [0.15, 0.2) is 0 Å². The van der Waals surface area contributed by atoms with Gasteiger partial charge in [-0.25, -0.2) is 8.78 Å². The summed E-state index contributed by atoms with van der Waals surface area (Å²) in [6.07, 6.45) is 0. The highest BCUT2D eigenvalue weighted by molar-refractivity contribution is 7.10. The Balaban J connectivity index is 2.46. The maximum atomic E-state index is 13.4. The van der Waals surface area contributed by atoms with Crippen LogP contribution in [0, 0.1) is 11.6 Å². The molecule has 1 nitrogen and oxygen atoms in total. The van der Waals surface area contributed by atoms with Crippen LogP contribution in [-0.2, 0) is 0 Å². The summed E-state index contributed by atoms with van der Waals surface area (Å²) in [6, 6.07) is 6.60. The van der Waals surface area contributed by atoms with Gasteiger partial charge in [0.05, 0.1) is 6.04 Å². The molecule has 0 aliphatic carbocycles. The predicted molar refractivity (Wildman–Crippen MR) is 56.7 cm³/mol. The molecule has 0 aliphatic rings. The lowest BCUT2D eigenvalue weighted by Crippen LogP contribution is -2.14. The number of nitrogens with two attached hydrogens (primary N) is 1. The SMILES string of the molecule is N[C@@H](c1cccs1)c1c(F)cccc1F. The normalized spacial score (nSPS) is 12.7. The summed E-state index contributed by atoms with van der Waals surface area (Å²) < 4.78 is 26.8. The van der Waals surface area contributed by atoms with E-state index in [-0.39, 0.29) is 5.56 Å². The first-order valence-electron chi connectivity index (χ1n) is 4.43. The largest absolute Gasteiger partial charge is 0.319 e. The summed E-state index contributed by atoms with van der Waals surface area (Å²) in [7, 11) is 0. The van der Waals surface area contributed by atoms with Crippen molar-refractivity contribution < 1.29 is 8.78 Å². The molecule has 15 heavy (non-hydrogen) atoms. The van der Waals surface area contributed by atoms with Crippen LogP contribution in [0.3, 0.4) is 0 Å². The Morgan fingerprint density at radius 1 is 1.07 bits per heavy atom. The zero-order valence-electron chi connectivity index (χ0n) is 7.78. The molecule has 4 heteroatoms. The second-order valence-corrected chi connectivity index (χ2v) is 4.11. The smallest absolute Gasteiger partial charge is 0.131 e. The summed E-state index contributed by atoms with van der Waals surface area (Å²) >= 11 is 1.38. The minimum Gasteiger partial charge on any atom is -0.319 e. The van der Waals surface area contributed by atoms with Crippen molar-refractivity contribution in [2.75, 3.05) is 0 Å². The van der Waals surface area contributed by atoms with Gasteiger partial charge in [-0.05, 0) is 23.6 Å². The Morgan fingerprint density at radius 2 is 1.73 bits per heavy atom. The molecule has 0 spiro atoms. The molecule has 2 aromatic rings. The lowest BCUT2D eigenvalue weighted by Gasteiger charge is -2.11. The van der Waals surface area contributed by atoms with Crippen LogP contribution in [0.4, 0.5) is 8.78 Å². The monoisotopic (exact) mass is 225 g/mol. The summed E-state index contributed by atoms with van der Waals surface area (Å²) in [6.45, 7) is 0. The van der Waals surface area contributed by atoms with E-state index in [1.165, 1.54) is 29.5 Å². The molecule has 0 unspecified atom stereocenters. The molecule has 78 valence electrons. The van der Waals surface area contributed by atoms with Crippen molar-refractivity contribution in [1.29, 1.82) is 0 Å². The van der Waals surface area contributed by atoms with E-state index < -0.39 is 17.7 Å². The number of halogens is 2. The highest BCUT2D eigenvalue weighted by Gasteiger charge is 2.18. The Bertz CT molecular complexity index is 433. The zero-order chi connectivity index (χ0) is 10.8. The fourth-order valence-electron chi connectivity index (χ4n) is 1.42. The van der Waals surface area contributed by atoms with Crippen molar-refractivity contribution >= 4 is 11.3 Å². The number of hydrogen-bond acceptors (Lipinski definition) is 2. The second kappa shape index (κ2) is 4.08. The van der Waals surface area contributed by atoms with E-state index >= 15 is 0 Å². The molecule has 0 bridgehead atoms. The van der Waals surface area contributed by atoms with Crippen molar-refractivity contribution in [3.8, 4) is 0 Å². The minimum atomic E-state index is -0.730. The van der Waals surface area contributed by atoms with Crippen LogP contribution >= 0.6 is 11.3 Å². The third-order valence-corrected chi connectivity index (χ3v) is 3.12. The Kier molecular flexibility index (Phi) is 2.79. The van der Waals surface area contributed by atoms with Gasteiger partial charge in [-0.3, -0.25) is 0 Å². The molecule has 0 saturated carbocycles. The Labute approximate surface area is 90.2 Å². The van der Waals surface area contributed by atoms with Gasteiger partial charge < -0.3 is 5.73 Å². The van der Waals surface area contributed by atoms with E-state index in [0.29, 0.717) is 0 Å². The topological polar surface area (TPSA) is 26.0 Å². The quantitative estimate of drug-likeness (QED) is 0.835. The highest BCUT2D eigenvalue weighted by atomic mass is 32.1. The maximum absolute atomic E-state index is 13.4. The molecule has 1 heterocycles. The van der Waals surface area contributed by atoms with Gasteiger partial charge in [0, 0.05) is 10.4 Å². The van der Waals surface area contributed by atoms with Crippen molar-refractivity contribution in [2.24, 2.45) is 5.73 Å². The van der Waals surface area contributed by atoms with Gasteiger partial charge in [0.2, 0.25) is 0 Å². The van der Waals surface area contributed by atoms with Gasteiger partial charge in [-0.15, -0.1) is 11.3 Å². The van der Waals surface area contributed by atoms with E-state index in [9.17, 15) is 8.78 Å². The standard InChI is InChI=1S/C11H9F2NS/c12-7-3-1-4-8(13)10(7)11(14)9-5-2-6-15-9/h1-6,11H,14H2/t11-/m0/s1. The Hall–Kier alpha value is -1.26. The van der Waals surface area contributed by atoms with Crippen LogP contribution in [0.5, 0.6) is 0 Å². The molecule has 0 radical (unpaired) electrons. The van der Waals surface area contributed by atoms with E-state index in [0.717, 1.165) is 4.88 Å².